The van der Waals surface area contributed by atoms with E-state index in [2.05, 4.69) is 4.98 Å². The summed E-state index contributed by atoms with van der Waals surface area (Å²) in [5, 5.41) is 18.9. The van der Waals surface area contributed by atoms with E-state index in [1.54, 1.807) is 29.6 Å². The van der Waals surface area contributed by atoms with Crippen LogP contribution in [0.1, 0.15) is 12.6 Å². The number of nitrogens with zero attached hydrogens (tertiary/aromatic N) is 4. The van der Waals surface area contributed by atoms with Gasteiger partial charge in [-0.15, -0.1) is 0 Å². The van der Waals surface area contributed by atoms with E-state index >= 15 is 0 Å². The maximum atomic E-state index is 12.1. The van der Waals surface area contributed by atoms with Gasteiger partial charge in [0.05, 0.1) is 19.8 Å². The lowest BCUT2D eigenvalue weighted by molar-refractivity contribution is -0.646. The third kappa shape index (κ3) is 1.84. The van der Waals surface area contributed by atoms with Gasteiger partial charge < -0.3 is 14.9 Å². The third-order valence-corrected chi connectivity index (χ3v) is 3.68. The average molecular weight is 281 g/mol. The van der Waals surface area contributed by atoms with E-state index in [0.717, 1.165) is 0 Å². The Hall–Kier alpha value is -1.77. The van der Waals surface area contributed by atoms with Crippen molar-refractivity contribution >= 4 is 11.2 Å². The summed E-state index contributed by atoms with van der Waals surface area (Å²) in [6.45, 7) is -0.238. The van der Waals surface area contributed by atoms with Gasteiger partial charge in [0.2, 0.25) is 12.6 Å². The van der Waals surface area contributed by atoms with Crippen molar-refractivity contribution in [1.82, 2.24) is 14.1 Å². The number of aliphatic hydroxyl groups excluding tert-OH is 2. The normalized spacial score (nSPS) is 26.5. The lowest BCUT2D eigenvalue weighted by Crippen LogP contribution is -2.33. The first-order chi connectivity index (χ1) is 9.52. The molecule has 0 unspecified atom stereocenters. The first-order valence-corrected chi connectivity index (χ1v) is 6.39. The summed E-state index contributed by atoms with van der Waals surface area (Å²) < 4.78 is 10.4. The fourth-order valence-electron chi connectivity index (χ4n) is 2.58. The van der Waals surface area contributed by atoms with Gasteiger partial charge in [-0.2, -0.15) is 9.55 Å². The van der Waals surface area contributed by atoms with E-state index in [4.69, 9.17) is 9.84 Å². The molecule has 2 aromatic heterocycles. The molecule has 0 saturated carbocycles. The highest BCUT2D eigenvalue weighted by Crippen LogP contribution is 2.29. The molecule has 0 amide bonds. The molecule has 108 valence electrons. The number of aliphatic hydroxyl groups is 2. The van der Waals surface area contributed by atoms with Crippen LogP contribution >= 0.6 is 0 Å². The average Bonchev–Trinajstić information content (AvgIpc) is 2.95. The Morgan fingerprint density at radius 3 is 3.00 bits per heavy atom. The zero-order chi connectivity index (χ0) is 14.4. The highest BCUT2D eigenvalue weighted by atomic mass is 16.5. The van der Waals surface area contributed by atoms with Gasteiger partial charge in [0, 0.05) is 13.5 Å². The molecule has 1 aliphatic heterocycles. The van der Waals surface area contributed by atoms with Crippen LogP contribution in [0.3, 0.4) is 0 Å². The van der Waals surface area contributed by atoms with Crippen molar-refractivity contribution in [2.45, 2.75) is 24.9 Å². The Balaban J connectivity index is 2.10. The largest absolute Gasteiger partial charge is 0.394 e. The van der Waals surface area contributed by atoms with Crippen molar-refractivity contribution in [3.8, 4) is 0 Å². The number of ether oxygens (including phenoxy) is 1. The summed E-state index contributed by atoms with van der Waals surface area (Å²) in [5.41, 5.74) is 0.834. The maximum absolute atomic E-state index is 12.1. The lowest BCUT2D eigenvalue weighted by Gasteiger charge is -2.09. The molecule has 3 heterocycles. The number of aryl methyl sites for hydroxylation is 2. The van der Waals surface area contributed by atoms with Gasteiger partial charge in [0.1, 0.15) is 12.4 Å². The summed E-state index contributed by atoms with van der Waals surface area (Å²) >= 11 is 0. The molecule has 20 heavy (non-hydrogen) atoms. The summed E-state index contributed by atoms with van der Waals surface area (Å²) in [7, 11) is 3.40. The maximum Gasteiger partial charge on any atom is 0.304 e. The SMILES string of the molecule is Cn1cnc2c(c1=O)[n+](C)cn2[C@H]1C[C@H](O)[C@@H](CO)O1. The molecule has 0 spiro atoms. The van der Waals surface area contributed by atoms with E-state index in [-0.39, 0.29) is 12.2 Å². The zero-order valence-electron chi connectivity index (χ0n) is 11.3. The minimum absolute atomic E-state index is 0.145. The topological polar surface area (TPSA) is 93.4 Å². The van der Waals surface area contributed by atoms with Gasteiger partial charge in [-0.25, -0.2) is 4.57 Å². The molecule has 1 saturated heterocycles. The molecule has 2 aromatic rings. The monoisotopic (exact) mass is 281 g/mol. The van der Waals surface area contributed by atoms with Gasteiger partial charge in [-0.1, -0.05) is 0 Å². The second kappa shape index (κ2) is 4.65. The highest BCUT2D eigenvalue weighted by Gasteiger charge is 2.39. The number of fused-ring (bicyclic) bond motifs is 1. The number of hydrogen-bond acceptors (Lipinski definition) is 5. The van der Waals surface area contributed by atoms with Crippen molar-refractivity contribution in [1.29, 1.82) is 0 Å². The third-order valence-electron chi connectivity index (χ3n) is 3.68. The summed E-state index contributed by atoms with van der Waals surface area (Å²) in [5.74, 6) is 0. The number of imidazole rings is 1. The van der Waals surface area contributed by atoms with Crippen LogP contribution in [-0.2, 0) is 18.8 Å². The second-order valence-corrected chi connectivity index (χ2v) is 5.08. The van der Waals surface area contributed by atoms with Crippen LogP contribution < -0.4 is 10.1 Å². The van der Waals surface area contributed by atoms with Gasteiger partial charge >= 0.3 is 5.56 Å². The molecule has 0 bridgehead atoms. The minimum Gasteiger partial charge on any atom is -0.394 e. The minimum atomic E-state index is -0.723. The molecular formula is C12H17N4O4+. The Bertz CT molecular complexity index is 707. The predicted molar refractivity (Wildman–Crippen MR) is 67.8 cm³/mol. The van der Waals surface area contributed by atoms with Crippen LogP contribution in [0, 0.1) is 0 Å². The molecule has 1 fully saturated rings. The highest BCUT2D eigenvalue weighted by molar-refractivity contribution is 5.65. The second-order valence-electron chi connectivity index (χ2n) is 5.08. The molecule has 0 aliphatic carbocycles. The fraction of sp³-hybridized carbons (Fsp3) is 0.583. The molecule has 8 heteroatoms. The fourth-order valence-corrected chi connectivity index (χ4v) is 2.58. The molecular weight excluding hydrogens is 264 g/mol. The van der Waals surface area contributed by atoms with Crippen LogP contribution in [0.25, 0.3) is 11.2 Å². The Labute approximate surface area is 114 Å². The number of hydrogen-bond donors (Lipinski definition) is 2. The number of aromatic nitrogens is 4. The van der Waals surface area contributed by atoms with Crippen LogP contribution in [0.5, 0.6) is 0 Å². The molecule has 0 radical (unpaired) electrons. The quantitative estimate of drug-likeness (QED) is 0.634. The zero-order valence-corrected chi connectivity index (χ0v) is 11.3. The van der Waals surface area contributed by atoms with E-state index in [1.807, 2.05) is 0 Å². The first-order valence-electron chi connectivity index (χ1n) is 6.39. The molecule has 3 rings (SSSR count). The van der Waals surface area contributed by atoms with Gasteiger partial charge in [-0.05, 0) is 0 Å². The molecule has 1 aliphatic rings. The van der Waals surface area contributed by atoms with Crippen LogP contribution in [-0.4, -0.2) is 43.1 Å². The summed E-state index contributed by atoms with van der Waals surface area (Å²) in [4.78, 5) is 16.4. The first kappa shape index (κ1) is 13.2. The molecule has 0 aromatic carbocycles. The number of rotatable bonds is 2. The molecule has 3 atom stereocenters. The van der Waals surface area contributed by atoms with E-state index in [0.29, 0.717) is 17.6 Å². The van der Waals surface area contributed by atoms with Crippen LogP contribution in [0.2, 0.25) is 0 Å². The van der Waals surface area contributed by atoms with E-state index in [9.17, 15) is 9.90 Å². The standard InChI is InChI=1S/C12H17N4O4/c1-14-5-13-11-10(12(14)19)15(2)6-16(11)9-3-7(18)8(4-17)20-9/h5-9,17-18H,3-4H2,1-2H3/q+1/t7-,8+,9+/m0/s1. The predicted octanol–water partition coefficient (Wildman–Crippen LogP) is -1.80. The summed E-state index contributed by atoms with van der Waals surface area (Å²) in [6, 6.07) is 0. The van der Waals surface area contributed by atoms with E-state index < -0.39 is 18.4 Å². The Morgan fingerprint density at radius 2 is 2.35 bits per heavy atom. The van der Waals surface area contributed by atoms with Gasteiger partial charge in [0.15, 0.2) is 0 Å². The Kier molecular flexibility index (Phi) is 3.08. The summed E-state index contributed by atoms with van der Waals surface area (Å²) in [6.07, 6.45) is 1.76. The lowest BCUT2D eigenvalue weighted by atomic mass is 10.2. The van der Waals surface area contributed by atoms with Crippen molar-refractivity contribution in [3.63, 3.8) is 0 Å². The van der Waals surface area contributed by atoms with Crippen molar-refractivity contribution < 1.29 is 19.5 Å². The smallest absolute Gasteiger partial charge is 0.304 e. The molecule has 2 N–H and O–H groups in total. The van der Waals surface area contributed by atoms with Crippen molar-refractivity contribution in [3.05, 3.63) is 23.0 Å². The Morgan fingerprint density at radius 1 is 1.60 bits per heavy atom. The van der Waals surface area contributed by atoms with Gasteiger partial charge in [-0.3, -0.25) is 9.36 Å². The van der Waals surface area contributed by atoms with Crippen molar-refractivity contribution in [2.75, 3.05) is 6.61 Å². The molecule has 8 nitrogen and oxygen atoms in total. The van der Waals surface area contributed by atoms with Crippen molar-refractivity contribution in [2.24, 2.45) is 14.1 Å². The van der Waals surface area contributed by atoms with Crippen LogP contribution in [0.4, 0.5) is 0 Å². The van der Waals surface area contributed by atoms with Gasteiger partial charge in [0.25, 0.3) is 11.2 Å². The van der Waals surface area contributed by atoms with E-state index in [1.165, 1.54) is 10.9 Å². The van der Waals surface area contributed by atoms with Crippen LogP contribution in [0.15, 0.2) is 17.4 Å².